The molecular formula is C14H18N2O. The molecule has 2 aliphatic heterocycles. The second-order valence-corrected chi connectivity index (χ2v) is 4.80. The van der Waals surface area contributed by atoms with Crippen molar-refractivity contribution >= 4 is 5.90 Å². The molecule has 17 heavy (non-hydrogen) atoms. The Hall–Kier alpha value is -1.35. The monoisotopic (exact) mass is 230 g/mol. The van der Waals surface area contributed by atoms with Gasteiger partial charge in [0, 0.05) is 5.56 Å². The summed E-state index contributed by atoms with van der Waals surface area (Å²) in [6.07, 6.45) is 2.45. The fourth-order valence-corrected chi connectivity index (χ4v) is 2.56. The Labute approximate surface area is 102 Å². The quantitative estimate of drug-likeness (QED) is 0.856. The number of hydrogen-bond acceptors (Lipinski definition) is 3. The Kier molecular flexibility index (Phi) is 3.10. The first-order valence-electron chi connectivity index (χ1n) is 6.39. The van der Waals surface area contributed by atoms with Crippen LogP contribution in [-0.2, 0) is 11.2 Å². The highest BCUT2D eigenvalue weighted by Crippen LogP contribution is 2.17. The van der Waals surface area contributed by atoms with Crippen LogP contribution in [0.1, 0.15) is 17.5 Å². The summed E-state index contributed by atoms with van der Waals surface area (Å²) in [4.78, 5) is 4.36. The van der Waals surface area contributed by atoms with Crippen LogP contribution in [0.15, 0.2) is 29.3 Å². The second-order valence-electron chi connectivity index (χ2n) is 4.80. The van der Waals surface area contributed by atoms with Crippen molar-refractivity contribution < 1.29 is 4.74 Å². The maximum atomic E-state index is 5.50. The standard InChI is InChI=1S/C14H18N2O/c1-2-11(8-12-4-5-15-10-12)9-13(3-1)14-16-6-7-17-14/h1-3,9,12,15H,4-8,10H2. The lowest BCUT2D eigenvalue weighted by molar-refractivity contribution is 0.348. The van der Waals surface area contributed by atoms with Crippen LogP contribution < -0.4 is 5.32 Å². The largest absolute Gasteiger partial charge is 0.476 e. The Morgan fingerprint density at radius 1 is 1.41 bits per heavy atom. The number of hydrogen-bond donors (Lipinski definition) is 1. The summed E-state index contributed by atoms with van der Waals surface area (Å²) >= 11 is 0. The van der Waals surface area contributed by atoms with Crippen molar-refractivity contribution in [2.45, 2.75) is 12.8 Å². The maximum Gasteiger partial charge on any atom is 0.216 e. The van der Waals surface area contributed by atoms with Gasteiger partial charge in [-0.2, -0.15) is 0 Å². The number of nitrogens with zero attached hydrogens (tertiary/aromatic N) is 1. The van der Waals surface area contributed by atoms with Crippen LogP contribution in [0.25, 0.3) is 0 Å². The average molecular weight is 230 g/mol. The molecule has 3 heteroatoms. The lowest BCUT2D eigenvalue weighted by atomic mass is 9.97. The Balaban J connectivity index is 1.74. The summed E-state index contributed by atoms with van der Waals surface area (Å²) < 4.78 is 5.50. The molecule has 1 fully saturated rings. The molecule has 0 spiro atoms. The van der Waals surface area contributed by atoms with Crippen LogP contribution >= 0.6 is 0 Å². The minimum absolute atomic E-state index is 0.728. The second kappa shape index (κ2) is 4.88. The summed E-state index contributed by atoms with van der Waals surface area (Å²) in [5, 5.41) is 3.41. The Bertz CT molecular complexity index is 422. The summed E-state index contributed by atoms with van der Waals surface area (Å²) in [5.41, 5.74) is 2.53. The van der Waals surface area contributed by atoms with Crippen LogP contribution in [0, 0.1) is 5.92 Å². The minimum atomic E-state index is 0.728. The lowest BCUT2D eigenvalue weighted by Gasteiger charge is -2.09. The maximum absolute atomic E-state index is 5.50. The zero-order valence-electron chi connectivity index (χ0n) is 9.98. The molecule has 1 saturated heterocycles. The molecule has 1 N–H and O–H groups in total. The Morgan fingerprint density at radius 3 is 3.18 bits per heavy atom. The molecule has 1 atom stereocenters. The number of nitrogens with one attached hydrogen (secondary N) is 1. The summed E-state index contributed by atoms with van der Waals surface area (Å²) in [5.74, 6) is 1.60. The van der Waals surface area contributed by atoms with Gasteiger partial charge in [-0.25, -0.2) is 4.99 Å². The normalized spacial score (nSPS) is 23.5. The molecule has 3 rings (SSSR count). The highest BCUT2D eigenvalue weighted by atomic mass is 16.5. The first-order valence-corrected chi connectivity index (χ1v) is 6.39. The smallest absolute Gasteiger partial charge is 0.216 e. The van der Waals surface area contributed by atoms with E-state index in [9.17, 15) is 0 Å². The molecule has 0 radical (unpaired) electrons. The van der Waals surface area contributed by atoms with Crippen LogP contribution in [0.3, 0.4) is 0 Å². The fraction of sp³-hybridized carbons (Fsp3) is 0.500. The molecule has 0 aromatic heterocycles. The molecular weight excluding hydrogens is 212 g/mol. The minimum Gasteiger partial charge on any atom is -0.476 e. The first kappa shape index (κ1) is 10.8. The van der Waals surface area contributed by atoms with Gasteiger partial charge in [0.05, 0.1) is 6.54 Å². The van der Waals surface area contributed by atoms with Gasteiger partial charge in [-0.05, 0) is 49.5 Å². The van der Waals surface area contributed by atoms with E-state index in [-0.39, 0.29) is 0 Å². The number of aliphatic imine (C=N–C) groups is 1. The summed E-state index contributed by atoms with van der Waals surface area (Å²) in [6.45, 7) is 3.85. The van der Waals surface area contributed by atoms with Gasteiger partial charge in [0.2, 0.25) is 5.90 Å². The van der Waals surface area contributed by atoms with E-state index in [0.29, 0.717) is 0 Å². The van der Waals surface area contributed by atoms with Crippen molar-refractivity contribution in [2.75, 3.05) is 26.2 Å². The van der Waals surface area contributed by atoms with Crippen molar-refractivity contribution in [3.8, 4) is 0 Å². The molecule has 2 heterocycles. The van der Waals surface area contributed by atoms with Crippen molar-refractivity contribution in [3.63, 3.8) is 0 Å². The van der Waals surface area contributed by atoms with Crippen LogP contribution in [-0.4, -0.2) is 32.1 Å². The summed E-state index contributed by atoms with van der Waals surface area (Å²) in [6, 6.07) is 8.62. The van der Waals surface area contributed by atoms with Crippen molar-refractivity contribution in [1.82, 2.24) is 5.32 Å². The molecule has 0 amide bonds. The van der Waals surface area contributed by atoms with E-state index in [1.807, 2.05) is 0 Å². The topological polar surface area (TPSA) is 33.6 Å². The molecule has 1 aromatic rings. The molecule has 3 nitrogen and oxygen atoms in total. The highest BCUT2D eigenvalue weighted by Gasteiger charge is 2.16. The fourth-order valence-electron chi connectivity index (χ4n) is 2.56. The van der Waals surface area contributed by atoms with E-state index < -0.39 is 0 Å². The molecule has 1 unspecified atom stereocenters. The van der Waals surface area contributed by atoms with Crippen LogP contribution in [0.2, 0.25) is 0 Å². The lowest BCUT2D eigenvalue weighted by Crippen LogP contribution is -2.11. The van der Waals surface area contributed by atoms with Gasteiger partial charge >= 0.3 is 0 Å². The third-order valence-corrected chi connectivity index (χ3v) is 3.45. The predicted molar refractivity (Wildman–Crippen MR) is 68.5 cm³/mol. The van der Waals surface area contributed by atoms with Crippen molar-refractivity contribution in [1.29, 1.82) is 0 Å². The zero-order valence-corrected chi connectivity index (χ0v) is 9.98. The van der Waals surface area contributed by atoms with Gasteiger partial charge in [-0.1, -0.05) is 12.1 Å². The van der Waals surface area contributed by atoms with Gasteiger partial charge in [-0.15, -0.1) is 0 Å². The third-order valence-electron chi connectivity index (χ3n) is 3.45. The number of ether oxygens (including phenoxy) is 1. The van der Waals surface area contributed by atoms with Gasteiger partial charge in [0.15, 0.2) is 0 Å². The molecule has 2 aliphatic rings. The van der Waals surface area contributed by atoms with Crippen molar-refractivity contribution in [2.24, 2.45) is 10.9 Å². The number of rotatable bonds is 3. The molecule has 0 bridgehead atoms. The van der Waals surface area contributed by atoms with E-state index in [0.717, 1.165) is 43.5 Å². The predicted octanol–water partition coefficient (Wildman–Crippen LogP) is 1.62. The molecule has 90 valence electrons. The van der Waals surface area contributed by atoms with Crippen LogP contribution in [0.4, 0.5) is 0 Å². The zero-order chi connectivity index (χ0) is 11.5. The molecule has 0 aliphatic carbocycles. The first-order chi connectivity index (χ1) is 8.42. The molecule has 0 saturated carbocycles. The number of benzene rings is 1. The summed E-state index contributed by atoms with van der Waals surface area (Å²) in [7, 11) is 0. The van der Waals surface area contributed by atoms with E-state index in [1.54, 1.807) is 0 Å². The van der Waals surface area contributed by atoms with E-state index >= 15 is 0 Å². The molecule has 1 aromatic carbocycles. The SMILES string of the molecule is c1cc(CC2CCNC2)cc(C2=NCCO2)c1. The van der Waals surface area contributed by atoms with Gasteiger partial charge < -0.3 is 10.1 Å². The van der Waals surface area contributed by atoms with Crippen LogP contribution in [0.5, 0.6) is 0 Å². The van der Waals surface area contributed by atoms with Gasteiger partial charge in [-0.3, -0.25) is 0 Å². The van der Waals surface area contributed by atoms with E-state index in [1.165, 1.54) is 18.5 Å². The third kappa shape index (κ3) is 2.50. The Morgan fingerprint density at radius 2 is 2.41 bits per heavy atom. The van der Waals surface area contributed by atoms with Gasteiger partial charge in [0.1, 0.15) is 6.61 Å². The van der Waals surface area contributed by atoms with E-state index in [4.69, 9.17) is 4.74 Å². The van der Waals surface area contributed by atoms with Gasteiger partial charge in [0.25, 0.3) is 0 Å². The highest BCUT2D eigenvalue weighted by molar-refractivity contribution is 5.95. The van der Waals surface area contributed by atoms with E-state index in [2.05, 4.69) is 34.6 Å². The average Bonchev–Trinajstić information content (AvgIpc) is 3.01. The van der Waals surface area contributed by atoms with Crippen molar-refractivity contribution in [3.05, 3.63) is 35.4 Å².